The third-order valence-electron chi connectivity index (χ3n) is 1.37. The van der Waals surface area contributed by atoms with E-state index < -0.39 is 6.04 Å². The van der Waals surface area contributed by atoms with Crippen LogP contribution in [0.2, 0.25) is 0 Å². The first-order valence-electron chi connectivity index (χ1n) is 2.93. The van der Waals surface area contributed by atoms with Gasteiger partial charge in [0.2, 0.25) is 5.84 Å². The Morgan fingerprint density at radius 3 is 3.36 bits per heavy atom. The van der Waals surface area contributed by atoms with Gasteiger partial charge in [-0.05, 0) is 5.18 Å². The molecule has 0 saturated carbocycles. The molecule has 7 heteroatoms. The summed E-state index contributed by atoms with van der Waals surface area (Å²) in [5.41, 5.74) is 5.14. The molecule has 0 saturated heterocycles. The first-order chi connectivity index (χ1) is 5.42. The highest BCUT2D eigenvalue weighted by Crippen LogP contribution is 2.03. The lowest BCUT2D eigenvalue weighted by atomic mass is 10.2. The molecular weight excluding hydrogens is 148 g/mol. The molecule has 0 radical (unpaired) electrons. The summed E-state index contributed by atoms with van der Waals surface area (Å²) in [6.45, 7) is 0. The van der Waals surface area contributed by atoms with Crippen molar-refractivity contribution in [3.8, 4) is 0 Å². The zero-order valence-corrected chi connectivity index (χ0v) is 5.35. The maximum Gasteiger partial charge on any atom is 0.201 e. The minimum Gasteiger partial charge on any atom is -0.240 e. The number of nitrogens with zero attached hydrogens (tertiary/aromatic N) is 4. The number of hydrazone groups is 1. The van der Waals surface area contributed by atoms with Crippen LogP contribution in [0.25, 0.3) is 0 Å². The standard InChI is InChI=1S/C4H4N6O/c11-9-4-2-3(5-1-6-4)8-10-7-2/h1-2,7,10H. The van der Waals surface area contributed by atoms with E-state index in [-0.39, 0.29) is 5.84 Å². The average molecular weight is 152 g/mol. The molecule has 2 N–H and O–H groups in total. The minimum absolute atomic E-state index is 0.142. The van der Waals surface area contributed by atoms with Crippen molar-refractivity contribution in [3.05, 3.63) is 4.91 Å². The number of aliphatic imine (C=N–C) groups is 2. The zero-order chi connectivity index (χ0) is 7.68. The van der Waals surface area contributed by atoms with Crippen LogP contribution < -0.4 is 11.0 Å². The molecule has 0 fully saturated rings. The minimum atomic E-state index is -0.391. The molecule has 0 aromatic rings. The quantitative estimate of drug-likeness (QED) is 0.435. The van der Waals surface area contributed by atoms with E-state index in [2.05, 4.69) is 31.2 Å². The van der Waals surface area contributed by atoms with E-state index >= 15 is 0 Å². The van der Waals surface area contributed by atoms with Crippen LogP contribution in [0.15, 0.2) is 20.3 Å². The Morgan fingerprint density at radius 1 is 1.64 bits per heavy atom. The van der Waals surface area contributed by atoms with Gasteiger partial charge in [-0.25, -0.2) is 20.9 Å². The second kappa shape index (κ2) is 2.20. The summed E-state index contributed by atoms with van der Waals surface area (Å²) in [7, 11) is 0. The van der Waals surface area contributed by atoms with Crippen molar-refractivity contribution in [3.63, 3.8) is 0 Å². The van der Waals surface area contributed by atoms with Crippen LogP contribution in [0.5, 0.6) is 0 Å². The van der Waals surface area contributed by atoms with E-state index in [1.807, 2.05) is 0 Å². The fourth-order valence-electron chi connectivity index (χ4n) is 0.865. The number of hydrogen-bond donors (Lipinski definition) is 2. The number of nitroso groups, excluding NO2 is 1. The highest BCUT2D eigenvalue weighted by molar-refractivity contribution is 6.16. The summed E-state index contributed by atoms with van der Waals surface area (Å²) in [6.07, 6.45) is 1.25. The van der Waals surface area contributed by atoms with Gasteiger partial charge in [-0.1, -0.05) is 0 Å². The largest absolute Gasteiger partial charge is 0.240 e. The number of fused-ring (bicyclic) bond motifs is 1. The lowest BCUT2D eigenvalue weighted by molar-refractivity contribution is 0.618. The number of nitrogens with one attached hydrogen (secondary N) is 2. The fraction of sp³-hybridized carbons (Fsp3) is 0.250. The first-order valence-corrected chi connectivity index (χ1v) is 2.93. The van der Waals surface area contributed by atoms with Crippen LogP contribution >= 0.6 is 0 Å². The Kier molecular flexibility index (Phi) is 1.22. The van der Waals surface area contributed by atoms with Crippen molar-refractivity contribution in [1.29, 1.82) is 0 Å². The number of amidine groups is 2. The Bertz CT molecular complexity index is 278. The van der Waals surface area contributed by atoms with Gasteiger partial charge in [0.15, 0.2) is 11.9 Å². The maximum atomic E-state index is 10.1. The van der Waals surface area contributed by atoms with E-state index in [4.69, 9.17) is 0 Å². The molecule has 2 heterocycles. The molecule has 0 spiro atoms. The van der Waals surface area contributed by atoms with Crippen LogP contribution in [0.3, 0.4) is 0 Å². The van der Waals surface area contributed by atoms with E-state index in [9.17, 15) is 4.91 Å². The predicted molar refractivity (Wildman–Crippen MR) is 39.2 cm³/mol. The summed E-state index contributed by atoms with van der Waals surface area (Å²) >= 11 is 0. The van der Waals surface area contributed by atoms with Crippen LogP contribution in [0.1, 0.15) is 0 Å². The van der Waals surface area contributed by atoms with Crippen molar-refractivity contribution < 1.29 is 0 Å². The fourth-order valence-corrected chi connectivity index (χ4v) is 0.865. The molecule has 7 nitrogen and oxygen atoms in total. The third-order valence-corrected chi connectivity index (χ3v) is 1.37. The van der Waals surface area contributed by atoms with Gasteiger partial charge < -0.3 is 0 Å². The Balaban J connectivity index is 2.36. The molecule has 0 bridgehead atoms. The number of hydrogen-bond acceptors (Lipinski definition) is 7. The number of hydrazine groups is 1. The lowest BCUT2D eigenvalue weighted by Gasteiger charge is -2.07. The second-order valence-electron chi connectivity index (χ2n) is 1.98. The molecule has 1 unspecified atom stereocenters. The predicted octanol–water partition coefficient (Wildman–Crippen LogP) is -1.02. The van der Waals surface area contributed by atoms with E-state index in [0.29, 0.717) is 5.84 Å². The van der Waals surface area contributed by atoms with Crippen molar-refractivity contribution >= 4 is 18.0 Å². The maximum absolute atomic E-state index is 10.1. The van der Waals surface area contributed by atoms with E-state index in [0.717, 1.165) is 0 Å². The van der Waals surface area contributed by atoms with Crippen molar-refractivity contribution in [2.24, 2.45) is 20.3 Å². The van der Waals surface area contributed by atoms with Crippen molar-refractivity contribution in [2.45, 2.75) is 6.04 Å². The number of rotatable bonds is 0. The molecule has 11 heavy (non-hydrogen) atoms. The summed E-state index contributed by atoms with van der Waals surface area (Å²) in [6, 6.07) is -0.391. The molecule has 2 rings (SSSR count). The summed E-state index contributed by atoms with van der Waals surface area (Å²) < 4.78 is 0. The van der Waals surface area contributed by atoms with Crippen LogP contribution in [-0.4, -0.2) is 24.1 Å². The van der Waals surface area contributed by atoms with Gasteiger partial charge >= 0.3 is 0 Å². The molecular formula is C4H4N6O. The normalized spacial score (nSPS) is 26.7. The Labute approximate surface area is 61.2 Å². The zero-order valence-electron chi connectivity index (χ0n) is 5.35. The highest BCUT2D eigenvalue weighted by Gasteiger charge is 2.28. The SMILES string of the molecule is O=NC1=NC=NC2=NNNC12. The van der Waals surface area contributed by atoms with Gasteiger partial charge in [0.1, 0.15) is 6.34 Å². The third kappa shape index (κ3) is 0.819. The highest BCUT2D eigenvalue weighted by atomic mass is 16.3. The monoisotopic (exact) mass is 152 g/mol. The summed E-state index contributed by atoms with van der Waals surface area (Å²) in [5.74, 6) is 0.623. The summed E-state index contributed by atoms with van der Waals surface area (Å²) in [4.78, 5) is 17.6. The average Bonchev–Trinajstić information content (AvgIpc) is 2.50. The Morgan fingerprint density at radius 2 is 2.55 bits per heavy atom. The molecule has 0 amide bonds. The molecule has 1 atom stereocenters. The van der Waals surface area contributed by atoms with Crippen LogP contribution in [0, 0.1) is 4.91 Å². The Hall–Kier alpha value is -1.63. The van der Waals surface area contributed by atoms with E-state index in [1.54, 1.807) is 0 Å². The van der Waals surface area contributed by atoms with Crippen LogP contribution in [-0.2, 0) is 0 Å². The van der Waals surface area contributed by atoms with Gasteiger partial charge in [0.05, 0.1) is 0 Å². The van der Waals surface area contributed by atoms with Gasteiger partial charge in [-0.15, -0.1) is 10.0 Å². The molecule has 2 aliphatic heterocycles. The second-order valence-corrected chi connectivity index (χ2v) is 1.98. The van der Waals surface area contributed by atoms with Gasteiger partial charge in [-0.2, -0.15) is 0 Å². The first kappa shape index (κ1) is 6.10. The summed E-state index contributed by atoms with van der Waals surface area (Å²) in [5, 5.41) is 6.45. The molecule has 56 valence electrons. The van der Waals surface area contributed by atoms with Gasteiger partial charge in [0.25, 0.3) is 0 Å². The van der Waals surface area contributed by atoms with E-state index in [1.165, 1.54) is 6.34 Å². The van der Waals surface area contributed by atoms with Crippen molar-refractivity contribution in [1.82, 2.24) is 11.0 Å². The van der Waals surface area contributed by atoms with Gasteiger partial charge in [-0.3, -0.25) is 0 Å². The van der Waals surface area contributed by atoms with Gasteiger partial charge in [0, 0.05) is 0 Å². The molecule has 2 aliphatic rings. The molecule has 0 aromatic heterocycles. The van der Waals surface area contributed by atoms with Crippen molar-refractivity contribution in [2.75, 3.05) is 0 Å². The molecule has 0 aliphatic carbocycles. The lowest BCUT2D eigenvalue weighted by Crippen LogP contribution is -2.41. The smallest absolute Gasteiger partial charge is 0.201 e. The molecule has 0 aromatic carbocycles. The topological polar surface area (TPSA) is 90.6 Å². The van der Waals surface area contributed by atoms with Crippen LogP contribution in [0.4, 0.5) is 0 Å².